The van der Waals surface area contributed by atoms with Crippen molar-refractivity contribution in [1.29, 1.82) is 0 Å². The lowest BCUT2D eigenvalue weighted by Crippen LogP contribution is -2.31. The van der Waals surface area contributed by atoms with Crippen LogP contribution in [-0.2, 0) is 4.74 Å². The molecule has 2 atom stereocenters. The highest BCUT2D eigenvalue weighted by Crippen LogP contribution is 2.39. The lowest BCUT2D eigenvalue weighted by Gasteiger charge is -2.20. The van der Waals surface area contributed by atoms with Crippen LogP contribution in [-0.4, -0.2) is 28.7 Å². The number of halogens is 2. The Balaban J connectivity index is 1.74. The molecule has 17 heavy (non-hydrogen) atoms. The zero-order chi connectivity index (χ0) is 11.8. The van der Waals surface area contributed by atoms with E-state index in [9.17, 15) is 0 Å². The van der Waals surface area contributed by atoms with Gasteiger partial charge in [-0.2, -0.15) is 4.98 Å². The van der Waals surface area contributed by atoms with Gasteiger partial charge < -0.3 is 10.1 Å². The molecule has 1 saturated heterocycles. The number of aromatic nitrogens is 2. The first-order valence-electron chi connectivity index (χ1n) is 5.80. The van der Waals surface area contributed by atoms with E-state index in [1.165, 1.54) is 12.8 Å². The lowest BCUT2D eigenvalue weighted by atomic mass is 10.1. The predicted molar refractivity (Wildman–Crippen MR) is 69.2 cm³/mol. The lowest BCUT2D eigenvalue weighted by molar-refractivity contribution is 0.0898. The Morgan fingerprint density at radius 2 is 2.24 bits per heavy atom. The number of hydrogen-bond donors (Lipinski definition) is 1. The Bertz CT molecular complexity index is 427. The second-order valence-electron chi connectivity index (χ2n) is 4.55. The molecule has 2 aliphatic rings. The monoisotopic (exact) mass is 317 g/mol. The average molecular weight is 319 g/mol. The van der Waals surface area contributed by atoms with Crippen LogP contribution in [0.3, 0.4) is 0 Å². The minimum absolute atomic E-state index is 0.262. The van der Waals surface area contributed by atoms with Crippen molar-refractivity contribution in [2.75, 3.05) is 11.9 Å². The van der Waals surface area contributed by atoms with Gasteiger partial charge in [-0.25, -0.2) is 4.98 Å². The fourth-order valence-corrected chi connectivity index (χ4v) is 2.72. The molecule has 0 bridgehead atoms. The maximum Gasteiger partial charge on any atom is 0.224 e. The van der Waals surface area contributed by atoms with Crippen molar-refractivity contribution in [3.8, 4) is 0 Å². The normalized spacial score (nSPS) is 28.4. The van der Waals surface area contributed by atoms with Crippen molar-refractivity contribution in [2.45, 2.75) is 31.4 Å². The summed E-state index contributed by atoms with van der Waals surface area (Å²) in [6.07, 6.45) is 5.59. The summed E-state index contributed by atoms with van der Waals surface area (Å²) < 4.78 is 6.61. The van der Waals surface area contributed by atoms with Crippen LogP contribution in [0.4, 0.5) is 5.82 Å². The standard InChI is InChI=1S/C11H13BrClN3O/c12-7-5-14-11(13)16-10(7)15-8-3-4-17-9(8)6-1-2-6/h5-6,8-9H,1-4H2,(H,14,15,16). The Labute approximate surface area is 113 Å². The summed E-state index contributed by atoms with van der Waals surface area (Å²) in [6.45, 7) is 0.829. The molecule has 1 aliphatic carbocycles. The van der Waals surface area contributed by atoms with Gasteiger partial charge >= 0.3 is 0 Å². The first kappa shape index (κ1) is 11.7. The van der Waals surface area contributed by atoms with Gasteiger partial charge in [0.25, 0.3) is 0 Å². The van der Waals surface area contributed by atoms with Gasteiger partial charge in [-0.05, 0) is 52.7 Å². The molecule has 2 heterocycles. The van der Waals surface area contributed by atoms with E-state index in [1.807, 2.05) is 0 Å². The molecule has 1 aliphatic heterocycles. The van der Waals surface area contributed by atoms with E-state index in [0.29, 0.717) is 12.1 Å². The molecule has 1 aromatic heterocycles. The molecular weight excluding hydrogens is 305 g/mol. The zero-order valence-corrected chi connectivity index (χ0v) is 11.5. The van der Waals surface area contributed by atoms with Crippen molar-refractivity contribution < 1.29 is 4.74 Å². The summed E-state index contributed by atoms with van der Waals surface area (Å²) >= 11 is 9.22. The molecule has 1 saturated carbocycles. The van der Waals surface area contributed by atoms with Gasteiger partial charge in [0, 0.05) is 12.8 Å². The highest BCUT2D eigenvalue weighted by molar-refractivity contribution is 9.10. The van der Waals surface area contributed by atoms with Gasteiger partial charge in [0.05, 0.1) is 16.6 Å². The fourth-order valence-electron chi connectivity index (χ4n) is 2.28. The van der Waals surface area contributed by atoms with Gasteiger partial charge in [0.1, 0.15) is 5.82 Å². The average Bonchev–Trinajstić information content (AvgIpc) is 3.05. The van der Waals surface area contributed by atoms with Crippen LogP contribution in [0.25, 0.3) is 0 Å². The van der Waals surface area contributed by atoms with E-state index in [1.54, 1.807) is 6.20 Å². The maximum absolute atomic E-state index is 5.80. The topological polar surface area (TPSA) is 47.0 Å². The van der Waals surface area contributed by atoms with Gasteiger partial charge in [0.15, 0.2) is 0 Å². The fraction of sp³-hybridized carbons (Fsp3) is 0.636. The van der Waals surface area contributed by atoms with Crippen molar-refractivity contribution in [3.05, 3.63) is 16.0 Å². The van der Waals surface area contributed by atoms with Gasteiger partial charge in [-0.1, -0.05) is 0 Å². The highest BCUT2D eigenvalue weighted by atomic mass is 79.9. The molecule has 0 spiro atoms. The Kier molecular flexibility index (Phi) is 3.23. The predicted octanol–water partition coefficient (Wildman–Crippen LogP) is 2.87. The molecule has 92 valence electrons. The molecule has 1 N–H and O–H groups in total. The van der Waals surface area contributed by atoms with Gasteiger partial charge in [-0.15, -0.1) is 0 Å². The molecule has 0 radical (unpaired) electrons. The smallest absolute Gasteiger partial charge is 0.224 e. The molecule has 2 fully saturated rings. The number of nitrogens with one attached hydrogen (secondary N) is 1. The van der Waals surface area contributed by atoms with Crippen molar-refractivity contribution >= 4 is 33.3 Å². The molecule has 0 amide bonds. The highest BCUT2D eigenvalue weighted by Gasteiger charge is 2.40. The quantitative estimate of drug-likeness (QED) is 0.871. The van der Waals surface area contributed by atoms with Gasteiger partial charge in [0.2, 0.25) is 5.28 Å². The molecule has 2 unspecified atom stereocenters. The molecule has 6 heteroatoms. The first-order valence-corrected chi connectivity index (χ1v) is 6.97. The van der Waals surface area contributed by atoms with Gasteiger partial charge in [-0.3, -0.25) is 0 Å². The van der Waals surface area contributed by atoms with E-state index in [4.69, 9.17) is 16.3 Å². The number of anilines is 1. The third kappa shape index (κ3) is 2.56. The van der Waals surface area contributed by atoms with E-state index in [2.05, 4.69) is 31.2 Å². The third-order valence-electron chi connectivity index (χ3n) is 3.26. The van der Waals surface area contributed by atoms with Crippen LogP contribution < -0.4 is 5.32 Å². The minimum Gasteiger partial charge on any atom is -0.376 e. The molecule has 3 rings (SSSR count). The van der Waals surface area contributed by atoms with Crippen LogP contribution in [0.1, 0.15) is 19.3 Å². The van der Waals surface area contributed by atoms with E-state index in [0.717, 1.165) is 29.2 Å². The van der Waals surface area contributed by atoms with Crippen molar-refractivity contribution in [2.24, 2.45) is 5.92 Å². The maximum atomic E-state index is 5.80. The van der Waals surface area contributed by atoms with Crippen molar-refractivity contribution in [3.63, 3.8) is 0 Å². The zero-order valence-electron chi connectivity index (χ0n) is 9.20. The van der Waals surface area contributed by atoms with Crippen LogP contribution in [0.15, 0.2) is 10.7 Å². The summed E-state index contributed by atoms with van der Waals surface area (Å²) in [5.74, 6) is 1.48. The number of nitrogens with zero attached hydrogens (tertiary/aromatic N) is 2. The first-order chi connectivity index (χ1) is 8.24. The van der Waals surface area contributed by atoms with Crippen LogP contribution in [0, 0.1) is 5.92 Å². The SMILES string of the molecule is Clc1ncc(Br)c(NC2CCOC2C2CC2)n1. The molecular formula is C11H13BrClN3O. The summed E-state index contributed by atoms with van der Waals surface area (Å²) in [5.41, 5.74) is 0. The molecule has 0 aromatic carbocycles. The molecule has 1 aromatic rings. The number of hydrogen-bond acceptors (Lipinski definition) is 4. The summed E-state index contributed by atoms with van der Waals surface area (Å²) in [6, 6.07) is 0.338. The van der Waals surface area contributed by atoms with E-state index < -0.39 is 0 Å². The summed E-state index contributed by atoms with van der Waals surface area (Å²) in [7, 11) is 0. The summed E-state index contributed by atoms with van der Waals surface area (Å²) in [5, 5.41) is 3.68. The molecule has 4 nitrogen and oxygen atoms in total. The Morgan fingerprint density at radius 1 is 1.41 bits per heavy atom. The summed E-state index contributed by atoms with van der Waals surface area (Å²) in [4.78, 5) is 8.11. The van der Waals surface area contributed by atoms with Crippen molar-refractivity contribution in [1.82, 2.24) is 9.97 Å². The number of rotatable bonds is 3. The Morgan fingerprint density at radius 3 is 3.00 bits per heavy atom. The van der Waals surface area contributed by atoms with Crippen LogP contribution in [0.5, 0.6) is 0 Å². The van der Waals surface area contributed by atoms with E-state index in [-0.39, 0.29) is 5.28 Å². The Hall–Kier alpha value is -0.390. The second-order valence-corrected chi connectivity index (χ2v) is 5.74. The largest absolute Gasteiger partial charge is 0.376 e. The second kappa shape index (κ2) is 4.71. The third-order valence-corrected chi connectivity index (χ3v) is 4.02. The van der Waals surface area contributed by atoms with Crippen LogP contribution >= 0.6 is 27.5 Å². The van der Waals surface area contributed by atoms with E-state index >= 15 is 0 Å². The minimum atomic E-state index is 0.262. The number of ether oxygens (including phenoxy) is 1. The van der Waals surface area contributed by atoms with Crippen LogP contribution in [0.2, 0.25) is 5.28 Å².